The third kappa shape index (κ3) is 4.32. The molecular formula is C19H26N2O4S2. The van der Waals surface area contributed by atoms with Crippen molar-refractivity contribution < 1.29 is 17.9 Å². The summed E-state index contributed by atoms with van der Waals surface area (Å²) in [6.45, 7) is 4.45. The standard InChI is InChI=1S/C19H26N2O4S2/c1-4-13(5-2)18(22)20-19-21(10-14-8-6-7-9-16(14)25-3)15-11-27(23,24)12-17(15)26-19/h6-9,13,15,17H,4-5,10-12H2,1-3H3/t15-,17+/m0/s1. The Morgan fingerprint density at radius 2 is 2.00 bits per heavy atom. The van der Waals surface area contributed by atoms with Crippen molar-refractivity contribution in [2.45, 2.75) is 44.5 Å². The summed E-state index contributed by atoms with van der Waals surface area (Å²) in [7, 11) is -1.44. The van der Waals surface area contributed by atoms with Gasteiger partial charge in [-0.25, -0.2) is 8.42 Å². The number of thioether (sulfide) groups is 1. The second-order valence-corrected chi connectivity index (χ2v) is 10.3. The highest BCUT2D eigenvalue weighted by atomic mass is 32.2. The van der Waals surface area contributed by atoms with Crippen LogP contribution in [-0.4, -0.2) is 54.3 Å². The molecule has 0 saturated carbocycles. The van der Waals surface area contributed by atoms with Crippen LogP contribution in [-0.2, 0) is 21.2 Å². The van der Waals surface area contributed by atoms with Gasteiger partial charge in [0.15, 0.2) is 15.0 Å². The molecule has 0 aromatic heterocycles. The summed E-state index contributed by atoms with van der Waals surface area (Å²) in [5, 5.41) is 0.570. The highest BCUT2D eigenvalue weighted by Gasteiger charge is 2.48. The zero-order valence-electron chi connectivity index (χ0n) is 15.9. The van der Waals surface area contributed by atoms with Gasteiger partial charge in [0.2, 0.25) is 0 Å². The van der Waals surface area contributed by atoms with E-state index in [0.717, 1.165) is 24.2 Å². The molecule has 3 rings (SSSR count). The molecule has 1 amide bonds. The van der Waals surface area contributed by atoms with Gasteiger partial charge >= 0.3 is 0 Å². The van der Waals surface area contributed by atoms with E-state index in [9.17, 15) is 13.2 Å². The first-order valence-corrected chi connectivity index (χ1v) is 12.0. The Hall–Kier alpha value is -1.54. The fraction of sp³-hybridized carbons (Fsp3) is 0.579. The minimum absolute atomic E-state index is 0.0713. The minimum Gasteiger partial charge on any atom is -0.496 e. The van der Waals surface area contributed by atoms with Crippen LogP contribution in [0.2, 0.25) is 0 Å². The molecule has 2 aliphatic rings. The van der Waals surface area contributed by atoms with E-state index >= 15 is 0 Å². The van der Waals surface area contributed by atoms with E-state index in [-0.39, 0.29) is 34.6 Å². The van der Waals surface area contributed by atoms with Crippen LogP contribution in [0.25, 0.3) is 0 Å². The summed E-state index contributed by atoms with van der Waals surface area (Å²) in [5.41, 5.74) is 0.952. The second kappa shape index (κ2) is 8.22. The average molecular weight is 411 g/mol. The van der Waals surface area contributed by atoms with E-state index in [1.165, 1.54) is 11.8 Å². The lowest BCUT2D eigenvalue weighted by atomic mass is 10.0. The molecule has 2 fully saturated rings. The quantitative estimate of drug-likeness (QED) is 0.718. The fourth-order valence-corrected chi connectivity index (χ4v) is 7.62. The number of methoxy groups -OCH3 is 1. The number of hydrogen-bond acceptors (Lipinski definition) is 5. The Balaban J connectivity index is 1.92. The topological polar surface area (TPSA) is 76.0 Å². The van der Waals surface area contributed by atoms with Crippen molar-refractivity contribution >= 4 is 32.7 Å². The van der Waals surface area contributed by atoms with Gasteiger partial charge in [0.05, 0.1) is 24.7 Å². The highest BCUT2D eigenvalue weighted by molar-refractivity contribution is 8.15. The van der Waals surface area contributed by atoms with E-state index < -0.39 is 9.84 Å². The number of para-hydroxylation sites is 1. The van der Waals surface area contributed by atoms with Crippen LogP contribution < -0.4 is 4.74 Å². The van der Waals surface area contributed by atoms with Gasteiger partial charge in [-0.15, -0.1) is 0 Å². The van der Waals surface area contributed by atoms with Crippen molar-refractivity contribution in [1.82, 2.24) is 4.90 Å². The van der Waals surface area contributed by atoms with E-state index in [4.69, 9.17) is 4.74 Å². The predicted octanol–water partition coefficient (Wildman–Crippen LogP) is 2.73. The maximum atomic E-state index is 12.6. The van der Waals surface area contributed by atoms with Gasteiger partial charge in [0.1, 0.15) is 5.75 Å². The summed E-state index contributed by atoms with van der Waals surface area (Å²) in [6, 6.07) is 7.51. The molecule has 0 N–H and O–H groups in total. The zero-order valence-corrected chi connectivity index (χ0v) is 17.6. The Morgan fingerprint density at radius 3 is 2.67 bits per heavy atom. The first kappa shape index (κ1) is 20.2. The van der Waals surface area contributed by atoms with Crippen LogP contribution in [0.4, 0.5) is 0 Å². The van der Waals surface area contributed by atoms with Crippen LogP contribution in [0.5, 0.6) is 5.75 Å². The van der Waals surface area contributed by atoms with Gasteiger partial charge in [-0.1, -0.05) is 43.8 Å². The number of amidine groups is 1. The van der Waals surface area contributed by atoms with Crippen molar-refractivity contribution in [3.63, 3.8) is 0 Å². The average Bonchev–Trinajstić information content (AvgIpc) is 3.09. The van der Waals surface area contributed by atoms with Crippen molar-refractivity contribution in [3.8, 4) is 5.75 Å². The third-order valence-corrected chi connectivity index (χ3v) is 8.50. The SMILES string of the molecule is CCC(CC)C(=O)N=C1S[C@@H]2CS(=O)(=O)C[C@@H]2N1Cc1ccccc1OC. The highest BCUT2D eigenvalue weighted by Crippen LogP contribution is 2.40. The molecule has 6 nitrogen and oxygen atoms in total. The molecule has 2 atom stereocenters. The first-order valence-electron chi connectivity index (χ1n) is 9.26. The molecule has 27 heavy (non-hydrogen) atoms. The van der Waals surface area contributed by atoms with Crippen molar-refractivity contribution in [2.24, 2.45) is 10.9 Å². The van der Waals surface area contributed by atoms with Crippen molar-refractivity contribution in [3.05, 3.63) is 29.8 Å². The summed E-state index contributed by atoms with van der Waals surface area (Å²) < 4.78 is 29.7. The van der Waals surface area contributed by atoms with Crippen molar-refractivity contribution in [2.75, 3.05) is 18.6 Å². The molecule has 1 aromatic carbocycles. The molecule has 0 bridgehead atoms. The van der Waals surface area contributed by atoms with Gasteiger partial charge in [-0.2, -0.15) is 4.99 Å². The monoisotopic (exact) mass is 410 g/mol. The number of benzene rings is 1. The maximum absolute atomic E-state index is 12.6. The summed E-state index contributed by atoms with van der Waals surface area (Å²) >= 11 is 1.43. The second-order valence-electron chi connectivity index (χ2n) is 6.99. The number of carbonyl (C=O) groups is 1. The lowest BCUT2D eigenvalue weighted by Crippen LogP contribution is -2.37. The molecule has 1 aromatic rings. The lowest BCUT2D eigenvalue weighted by molar-refractivity contribution is -0.121. The molecule has 2 saturated heterocycles. The molecule has 0 spiro atoms. The van der Waals surface area contributed by atoms with Gasteiger partial charge in [0, 0.05) is 23.3 Å². The largest absolute Gasteiger partial charge is 0.496 e. The number of rotatable bonds is 6. The van der Waals surface area contributed by atoms with Crippen molar-refractivity contribution in [1.29, 1.82) is 0 Å². The lowest BCUT2D eigenvalue weighted by Gasteiger charge is -2.25. The van der Waals surface area contributed by atoms with Crippen LogP contribution in [0, 0.1) is 5.92 Å². The Morgan fingerprint density at radius 1 is 1.30 bits per heavy atom. The maximum Gasteiger partial charge on any atom is 0.251 e. The van der Waals surface area contributed by atoms with Gasteiger partial charge in [-0.3, -0.25) is 4.79 Å². The summed E-state index contributed by atoms with van der Waals surface area (Å²) in [4.78, 5) is 19.0. The van der Waals surface area contributed by atoms with Gasteiger partial charge < -0.3 is 9.64 Å². The van der Waals surface area contributed by atoms with E-state index in [2.05, 4.69) is 4.99 Å². The van der Waals surface area contributed by atoms with Crippen LogP contribution in [0.1, 0.15) is 32.3 Å². The third-order valence-electron chi connectivity index (χ3n) is 5.25. The molecule has 0 unspecified atom stereocenters. The zero-order chi connectivity index (χ0) is 19.6. The Kier molecular flexibility index (Phi) is 6.15. The number of aliphatic imine (C=N–C) groups is 1. The number of carbonyl (C=O) groups excluding carboxylic acids is 1. The molecule has 8 heteroatoms. The molecule has 2 heterocycles. The number of sulfone groups is 1. The van der Waals surface area contributed by atoms with E-state index in [1.54, 1.807) is 7.11 Å². The van der Waals surface area contributed by atoms with Gasteiger partial charge in [-0.05, 0) is 18.9 Å². The Labute approximate surface area is 165 Å². The number of amides is 1. The number of nitrogens with zero attached hydrogens (tertiary/aromatic N) is 2. The molecule has 2 aliphatic heterocycles. The van der Waals surface area contributed by atoms with E-state index in [1.807, 2.05) is 43.0 Å². The number of hydrogen-bond donors (Lipinski definition) is 0. The van der Waals surface area contributed by atoms with Gasteiger partial charge in [0.25, 0.3) is 5.91 Å². The van der Waals surface area contributed by atoms with E-state index in [0.29, 0.717) is 11.7 Å². The predicted molar refractivity (Wildman–Crippen MR) is 109 cm³/mol. The number of fused-ring (bicyclic) bond motifs is 1. The molecule has 0 radical (unpaired) electrons. The summed E-state index contributed by atoms with van der Waals surface area (Å²) in [5.74, 6) is 0.796. The smallest absolute Gasteiger partial charge is 0.251 e. The Bertz CT molecular complexity index is 834. The van der Waals surface area contributed by atoms with Crippen LogP contribution in [0.3, 0.4) is 0 Å². The molecular weight excluding hydrogens is 384 g/mol. The number of ether oxygens (including phenoxy) is 1. The minimum atomic E-state index is -3.06. The normalized spacial score (nSPS) is 25.2. The summed E-state index contributed by atoms with van der Waals surface area (Å²) in [6.07, 6.45) is 1.51. The fourth-order valence-electron chi connectivity index (χ4n) is 3.66. The van der Waals surface area contributed by atoms with Crippen LogP contribution >= 0.6 is 11.8 Å². The molecule has 148 valence electrons. The molecule has 0 aliphatic carbocycles. The first-order chi connectivity index (χ1) is 12.9. The van der Waals surface area contributed by atoms with Crippen LogP contribution in [0.15, 0.2) is 29.3 Å².